The summed E-state index contributed by atoms with van der Waals surface area (Å²) < 4.78 is 0.519. The third-order valence-electron chi connectivity index (χ3n) is 3.24. The first-order valence-electron chi connectivity index (χ1n) is 6.65. The van der Waals surface area contributed by atoms with Crippen LogP contribution in [0.1, 0.15) is 11.1 Å². The smallest absolute Gasteiger partial charge is 0.268 e. The summed E-state index contributed by atoms with van der Waals surface area (Å²) in [7, 11) is 0. The molecule has 2 aromatic rings. The van der Waals surface area contributed by atoms with Crippen molar-refractivity contribution in [1.82, 2.24) is 0 Å². The van der Waals surface area contributed by atoms with Gasteiger partial charge in [0.1, 0.15) is 0 Å². The molecule has 1 amide bonds. The molecule has 1 heterocycles. The lowest BCUT2D eigenvalue weighted by Crippen LogP contribution is -2.27. The van der Waals surface area contributed by atoms with Crippen LogP contribution in [0.3, 0.4) is 0 Å². The highest BCUT2D eigenvalue weighted by atomic mass is 35.5. The Bertz CT molecular complexity index is 784. The molecular weight excluding hydrogens is 334 g/mol. The fourth-order valence-corrected chi connectivity index (χ4v) is 3.60. The number of halogens is 1. The van der Waals surface area contributed by atoms with Gasteiger partial charge in [-0.15, -0.1) is 0 Å². The number of amides is 1. The molecule has 3 rings (SSSR count). The van der Waals surface area contributed by atoms with Crippen LogP contribution in [0.15, 0.2) is 53.4 Å². The van der Waals surface area contributed by atoms with E-state index in [-0.39, 0.29) is 5.91 Å². The Morgan fingerprint density at radius 2 is 1.91 bits per heavy atom. The highest BCUT2D eigenvalue weighted by Gasteiger charge is 2.33. The van der Waals surface area contributed by atoms with E-state index in [0.29, 0.717) is 19.9 Å². The lowest BCUT2D eigenvalue weighted by molar-refractivity contribution is -0.113. The van der Waals surface area contributed by atoms with Crippen LogP contribution in [0.25, 0.3) is 6.08 Å². The molecule has 0 atom stereocenters. The van der Waals surface area contributed by atoms with Crippen LogP contribution >= 0.6 is 35.6 Å². The maximum atomic E-state index is 12.6. The van der Waals surface area contributed by atoms with Gasteiger partial charge in [0, 0.05) is 5.02 Å². The van der Waals surface area contributed by atoms with Crippen LogP contribution in [0.5, 0.6) is 0 Å². The summed E-state index contributed by atoms with van der Waals surface area (Å²) in [6.07, 6.45) is 1.86. The molecule has 0 bridgehead atoms. The quantitative estimate of drug-likeness (QED) is 0.561. The van der Waals surface area contributed by atoms with Crippen molar-refractivity contribution in [1.29, 1.82) is 0 Å². The molecule has 1 aliphatic rings. The number of carbonyl (C=O) groups excluding carboxylic acids is 1. The van der Waals surface area contributed by atoms with Crippen molar-refractivity contribution in [2.45, 2.75) is 6.92 Å². The maximum absolute atomic E-state index is 12.6. The van der Waals surface area contributed by atoms with Gasteiger partial charge in [-0.2, -0.15) is 0 Å². The number of thioether (sulfide) groups is 1. The molecule has 0 aliphatic carbocycles. The molecule has 110 valence electrons. The van der Waals surface area contributed by atoms with Crippen molar-refractivity contribution >= 4 is 57.6 Å². The van der Waals surface area contributed by atoms with E-state index < -0.39 is 0 Å². The van der Waals surface area contributed by atoms with Crippen molar-refractivity contribution in [2.75, 3.05) is 4.90 Å². The van der Waals surface area contributed by atoms with Gasteiger partial charge in [-0.1, -0.05) is 71.5 Å². The first-order valence-corrected chi connectivity index (χ1v) is 8.25. The first-order chi connectivity index (χ1) is 10.5. The molecule has 0 saturated carbocycles. The monoisotopic (exact) mass is 345 g/mol. The number of benzene rings is 2. The molecule has 0 radical (unpaired) electrons. The number of hydrogen-bond donors (Lipinski definition) is 0. The average Bonchev–Trinajstić information content (AvgIpc) is 2.76. The zero-order valence-corrected chi connectivity index (χ0v) is 14.1. The third-order valence-corrected chi connectivity index (χ3v) is 4.77. The van der Waals surface area contributed by atoms with Gasteiger partial charge in [-0.3, -0.25) is 9.69 Å². The normalized spacial score (nSPS) is 16.6. The van der Waals surface area contributed by atoms with Crippen LogP contribution in [-0.4, -0.2) is 10.2 Å². The summed E-state index contributed by atoms with van der Waals surface area (Å²) in [6.45, 7) is 2.03. The minimum Gasteiger partial charge on any atom is -0.268 e. The molecule has 2 nitrogen and oxygen atoms in total. The topological polar surface area (TPSA) is 20.3 Å². The van der Waals surface area contributed by atoms with Crippen LogP contribution in [-0.2, 0) is 4.79 Å². The zero-order valence-electron chi connectivity index (χ0n) is 11.7. The molecular formula is C17H12ClNOS2. The van der Waals surface area contributed by atoms with Crippen LogP contribution in [0, 0.1) is 6.92 Å². The molecule has 1 saturated heterocycles. The Kier molecular flexibility index (Phi) is 4.34. The van der Waals surface area contributed by atoms with Crippen molar-refractivity contribution < 1.29 is 4.79 Å². The van der Waals surface area contributed by atoms with Crippen molar-refractivity contribution in [3.05, 3.63) is 69.6 Å². The number of anilines is 1. The Balaban J connectivity index is 1.93. The third kappa shape index (κ3) is 3.09. The Labute approximate surface area is 143 Å². The summed E-state index contributed by atoms with van der Waals surface area (Å²) in [5, 5.41) is 0.578. The lowest BCUT2D eigenvalue weighted by atomic mass is 10.1. The highest BCUT2D eigenvalue weighted by molar-refractivity contribution is 8.27. The van der Waals surface area contributed by atoms with E-state index in [0.717, 1.165) is 5.56 Å². The summed E-state index contributed by atoms with van der Waals surface area (Å²) in [4.78, 5) is 14.7. The average molecular weight is 346 g/mol. The van der Waals surface area contributed by atoms with Crippen LogP contribution < -0.4 is 4.90 Å². The maximum Gasteiger partial charge on any atom is 0.270 e. The molecule has 22 heavy (non-hydrogen) atoms. The fraction of sp³-hybridized carbons (Fsp3) is 0.0588. The van der Waals surface area contributed by atoms with Gasteiger partial charge >= 0.3 is 0 Å². The SMILES string of the molecule is Cc1ccc(/C=C2/SC(=S)N(c3cccc(Cl)c3)C2=O)cc1. The molecule has 0 N–H and O–H groups in total. The largest absolute Gasteiger partial charge is 0.270 e. The van der Waals surface area contributed by atoms with Gasteiger partial charge in [0.2, 0.25) is 0 Å². The standard InChI is InChI=1S/C17H12ClNOS2/c1-11-5-7-12(8-6-11)9-15-16(20)19(17(21)22-15)14-4-2-3-13(18)10-14/h2-10H,1H3/b15-9+. The number of carbonyl (C=O) groups is 1. The van der Waals surface area contributed by atoms with Crippen LogP contribution in [0.4, 0.5) is 5.69 Å². The van der Waals surface area contributed by atoms with Crippen molar-refractivity contribution in [3.63, 3.8) is 0 Å². The van der Waals surface area contributed by atoms with Crippen molar-refractivity contribution in [2.24, 2.45) is 0 Å². The minimum atomic E-state index is -0.113. The number of nitrogens with zero attached hydrogens (tertiary/aromatic N) is 1. The Morgan fingerprint density at radius 1 is 1.18 bits per heavy atom. The van der Waals surface area contributed by atoms with Crippen molar-refractivity contribution in [3.8, 4) is 0 Å². The second kappa shape index (κ2) is 6.24. The Morgan fingerprint density at radius 3 is 2.59 bits per heavy atom. The molecule has 1 aliphatic heterocycles. The zero-order chi connectivity index (χ0) is 15.7. The molecule has 1 fully saturated rings. The summed E-state index contributed by atoms with van der Waals surface area (Å²) in [5.41, 5.74) is 2.86. The van der Waals surface area contributed by atoms with E-state index in [1.165, 1.54) is 22.2 Å². The Hall–Kier alpha value is -1.62. The summed E-state index contributed by atoms with van der Waals surface area (Å²) in [6, 6.07) is 15.1. The minimum absolute atomic E-state index is 0.113. The van der Waals surface area contributed by atoms with Gasteiger partial charge in [0.05, 0.1) is 10.6 Å². The predicted octanol–water partition coefficient (Wildman–Crippen LogP) is 5.05. The summed E-state index contributed by atoms with van der Waals surface area (Å²) in [5.74, 6) is -0.113. The fourth-order valence-electron chi connectivity index (χ4n) is 2.12. The van der Waals surface area contributed by atoms with E-state index in [9.17, 15) is 4.79 Å². The van der Waals surface area contributed by atoms with Gasteiger partial charge < -0.3 is 0 Å². The van der Waals surface area contributed by atoms with Crippen LogP contribution in [0.2, 0.25) is 5.02 Å². The molecule has 5 heteroatoms. The molecule has 2 aromatic carbocycles. The van der Waals surface area contributed by atoms with Gasteiger partial charge in [-0.25, -0.2) is 0 Å². The van der Waals surface area contributed by atoms with Gasteiger partial charge in [-0.05, 0) is 36.8 Å². The summed E-state index contributed by atoms with van der Waals surface area (Å²) >= 11 is 12.6. The van der Waals surface area contributed by atoms with Gasteiger partial charge in [0.25, 0.3) is 5.91 Å². The number of aryl methyl sites for hydroxylation is 1. The number of hydrogen-bond acceptors (Lipinski definition) is 3. The molecule has 0 spiro atoms. The van der Waals surface area contributed by atoms with E-state index in [1.807, 2.05) is 43.3 Å². The second-order valence-corrected chi connectivity index (χ2v) is 7.02. The van der Waals surface area contributed by atoms with E-state index in [4.69, 9.17) is 23.8 Å². The van der Waals surface area contributed by atoms with E-state index in [1.54, 1.807) is 18.2 Å². The number of thiocarbonyl (C=S) groups is 1. The number of rotatable bonds is 2. The van der Waals surface area contributed by atoms with Gasteiger partial charge in [0.15, 0.2) is 4.32 Å². The van der Waals surface area contributed by atoms with E-state index in [2.05, 4.69) is 0 Å². The highest BCUT2D eigenvalue weighted by Crippen LogP contribution is 2.36. The lowest BCUT2D eigenvalue weighted by Gasteiger charge is -2.14. The molecule has 0 unspecified atom stereocenters. The van der Waals surface area contributed by atoms with E-state index >= 15 is 0 Å². The predicted molar refractivity (Wildman–Crippen MR) is 98.3 cm³/mol. The second-order valence-electron chi connectivity index (χ2n) is 4.91. The first kappa shape index (κ1) is 15.3. The molecule has 0 aromatic heterocycles.